The molecule has 8 heteroatoms. The first-order valence-electron chi connectivity index (χ1n) is 5.07. The van der Waals surface area contributed by atoms with E-state index in [9.17, 15) is 9.59 Å². The van der Waals surface area contributed by atoms with Crippen LogP contribution >= 0.6 is 0 Å². The predicted octanol–water partition coefficient (Wildman–Crippen LogP) is -0.573. The van der Waals surface area contributed by atoms with Gasteiger partial charge >= 0.3 is 108 Å². The number of carboxylic acid groups (broad SMARTS) is 1. The fourth-order valence-electron chi connectivity index (χ4n) is 1.41. The van der Waals surface area contributed by atoms with E-state index < -0.39 is 24.3 Å². The Morgan fingerprint density at radius 1 is 1.44 bits per heavy atom. The van der Waals surface area contributed by atoms with Crippen molar-refractivity contribution in [1.82, 2.24) is 7.96 Å². The number of aliphatic carboxylic acids is 1. The minimum absolute atomic E-state index is 0.188. The fourth-order valence-corrected chi connectivity index (χ4v) is 2.57. The Hall–Kier alpha value is -1.76. The van der Waals surface area contributed by atoms with Crippen LogP contribution in [0.3, 0.4) is 0 Å². The van der Waals surface area contributed by atoms with Gasteiger partial charge in [-0.1, -0.05) is 0 Å². The number of anilines is 1. The number of hydrogen-bond donors (Lipinski definition) is 3. The topological polar surface area (TPSA) is 118 Å². The monoisotopic (exact) mass is 314 g/mol. The van der Waals surface area contributed by atoms with E-state index in [1.807, 2.05) is 0 Å². The molecule has 2 aromatic rings. The average molecular weight is 313 g/mol. The van der Waals surface area contributed by atoms with Crippen LogP contribution in [0, 0.1) is 0 Å². The van der Waals surface area contributed by atoms with Crippen LogP contribution in [0.25, 0.3) is 11.0 Å². The molecule has 0 bridgehead atoms. The van der Waals surface area contributed by atoms with Gasteiger partial charge in [-0.25, -0.2) is 0 Å². The molecular formula is C10H10N4O3Se. The van der Waals surface area contributed by atoms with Crippen molar-refractivity contribution in [3.05, 3.63) is 18.2 Å². The third kappa shape index (κ3) is 2.73. The first-order chi connectivity index (χ1) is 8.58. The molecule has 0 saturated carbocycles. The zero-order valence-electron chi connectivity index (χ0n) is 9.16. The van der Waals surface area contributed by atoms with Crippen LogP contribution in [0.15, 0.2) is 18.2 Å². The van der Waals surface area contributed by atoms with E-state index in [0.717, 1.165) is 5.52 Å². The summed E-state index contributed by atoms with van der Waals surface area (Å²) in [5.74, 6) is -1.65. The van der Waals surface area contributed by atoms with Crippen molar-refractivity contribution in [2.45, 2.75) is 12.5 Å². The van der Waals surface area contributed by atoms with Gasteiger partial charge in [-0.2, -0.15) is 0 Å². The van der Waals surface area contributed by atoms with E-state index in [-0.39, 0.29) is 15.0 Å². The van der Waals surface area contributed by atoms with E-state index in [4.69, 9.17) is 10.8 Å². The maximum atomic E-state index is 11.7. The van der Waals surface area contributed by atoms with Gasteiger partial charge in [0.05, 0.1) is 0 Å². The predicted molar refractivity (Wildman–Crippen MR) is 65.3 cm³/mol. The number of amides is 1. The van der Waals surface area contributed by atoms with Gasteiger partial charge in [-0.3, -0.25) is 0 Å². The Kier molecular flexibility index (Phi) is 3.71. The molecule has 1 amide bonds. The molecule has 0 aliphatic rings. The van der Waals surface area contributed by atoms with Crippen molar-refractivity contribution in [2.75, 3.05) is 5.32 Å². The molecule has 1 atom stereocenters. The van der Waals surface area contributed by atoms with E-state index >= 15 is 0 Å². The summed E-state index contributed by atoms with van der Waals surface area (Å²) in [6.45, 7) is 0. The van der Waals surface area contributed by atoms with Crippen LogP contribution in [0.4, 0.5) is 5.69 Å². The van der Waals surface area contributed by atoms with Gasteiger partial charge in [-0.15, -0.1) is 0 Å². The Morgan fingerprint density at radius 2 is 2.22 bits per heavy atom. The molecule has 1 heterocycles. The van der Waals surface area contributed by atoms with Crippen LogP contribution < -0.4 is 11.1 Å². The molecule has 0 spiro atoms. The number of carboxylic acids is 1. The molecule has 1 aromatic heterocycles. The number of benzene rings is 1. The second kappa shape index (κ2) is 5.26. The van der Waals surface area contributed by atoms with Crippen molar-refractivity contribution in [2.24, 2.45) is 5.73 Å². The molecule has 7 nitrogen and oxygen atoms in total. The zero-order chi connectivity index (χ0) is 13.1. The van der Waals surface area contributed by atoms with Gasteiger partial charge in [0.15, 0.2) is 0 Å². The summed E-state index contributed by atoms with van der Waals surface area (Å²) in [4.78, 5) is 22.1. The zero-order valence-corrected chi connectivity index (χ0v) is 10.9. The summed E-state index contributed by atoms with van der Waals surface area (Å²) >= 11 is -0.188. The second-order valence-electron chi connectivity index (χ2n) is 3.63. The number of nitrogens with two attached hydrogens (primary N) is 1. The fraction of sp³-hybridized carbons (Fsp3) is 0.200. The third-order valence-electron chi connectivity index (χ3n) is 2.28. The summed E-state index contributed by atoms with van der Waals surface area (Å²) in [7, 11) is 0. The Bertz CT molecular complexity index is 598. The van der Waals surface area contributed by atoms with Gasteiger partial charge < -0.3 is 0 Å². The Morgan fingerprint density at radius 3 is 2.94 bits per heavy atom. The molecule has 0 fully saturated rings. The van der Waals surface area contributed by atoms with Gasteiger partial charge in [0.1, 0.15) is 0 Å². The Balaban J connectivity index is 2.16. The van der Waals surface area contributed by atoms with Gasteiger partial charge in [0, 0.05) is 0 Å². The number of nitrogens with one attached hydrogen (secondary N) is 1. The molecule has 0 saturated heterocycles. The van der Waals surface area contributed by atoms with Crippen LogP contribution in [-0.4, -0.2) is 45.9 Å². The summed E-state index contributed by atoms with van der Waals surface area (Å²) in [5.41, 5.74) is 7.35. The molecule has 0 aliphatic carbocycles. The summed E-state index contributed by atoms with van der Waals surface area (Å²) < 4.78 is 8.38. The summed E-state index contributed by atoms with van der Waals surface area (Å²) in [5, 5.41) is 11.1. The van der Waals surface area contributed by atoms with E-state index in [1.165, 1.54) is 0 Å². The molecule has 0 radical (unpaired) electrons. The first kappa shape index (κ1) is 12.7. The third-order valence-corrected chi connectivity index (χ3v) is 3.41. The number of carbonyl (C=O) groups excluding carboxylic acids is 1. The molecule has 4 N–H and O–H groups in total. The molecule has 0 aliphatic heterocycles. The number of carbonyl (C=O) groups is 2. The van der Waals surface area contributed by atoms with Crippen LogP contribution in [0.1, 0.15) is 6.42 Å². The Labute approximate surface area is 108 Å². The van der Waals surface area contributed by atoms with Crippen molar-refractivity contribution in [3.8, 4) is 0 Å². The van der Waals surface area contributed by atoms with Crippen LogP contribution in [-0.2, 0) is 9.59 Å². The molecule has 1 aromatic carbocycles. The van der Waals surface area contributed by atoms with Crippen LogP contribution in [0.5, 0.6) is 0 Å². The SMILES string of the molecule is NC(CC(=O)O)C(=O)Nc1cccc2n[se]nc12. The number of fused-ring (bicyclic) bond motifs is 1. The van der Waals surface area contributed by atoms with Crippen LogP contribution in [0.2, 0.25) is 0 Å². The number of aromatic nitrogens is 2. The van der Waals surface area contributed by atoms with E-state index in [0.29, 0.717) is 11.2 Å². The van der Waals surface area contributed by atoms with Gasteiger partial charge in [0.25, 0.3) is 0 Å². The number of nitrogens with zero attached hydrogens (tertiary/aromatic N) is 2. The first-order valence-corrected chi connectivity index (χ1v) is 6.60. The standard InChI is InChI=1S/C10H10N4O3Se/c11-5(4-8(15)16)10(17)12-6-2-1-3-7-9(6)14-18-13-7/h1-3,5H,4,11H2,(H,12,17)(H,15,16). The number of hydrogen-bond acceptors (Lipinski definition) is 5. The van der Waals surface area contributed by atoms with Crippen molar-refractivity contribution < 1.29 is 14.7 Å². The molecule has 1 unspecified atom stereocenters. The molecule has 18 heavy (non-hydrogen) atoms. The summed E-state index contributed by atoms with van der Waals surface area (Å²) in [6.07, 6.45) is -0.410. The second-order valence-corrected chi connectivity index (χ2v) is 4.74. The van der Waals surface area contributed by atoms with Gasteiger partial charge in [0.2, 0.25) is 0 Å². The van der Waals surface area contributed by atoms with Crippen molar-refractivity contribution >= 4 is 43.6 Å². The van der Waals surface area contributed by atoms with E-state index in [1.54, 1.807) is 18.2 Å². The molecular weight excluding hydrogens is 303 g/mol. The number of rotatable bonds is 4. The normalized spacial score (nSPS) is 12.3. The molecule has 94 valence electrons. The maximum absolute atomic E-state index is 11.7. The average Bonchev–Trinajstić information content (AvgIpc) is 2.77. The minimum atomic E-state index is -1.11. The van der Waals surface area contributed by atoms with Crippen molar-refractivity contribution in [1.29, 1.82) is 0 Å². The quantitative estimate of drug-likeness (QED) is 0.650. The summed E-state index contributed by atoms with van der Waals surface area (Å²) in [6, 6.07) is 4.16. The molecule has 2 rings (SSSR count). The van der Waals surface area contributed by atoms with Crippen molar-refractivity contribution in [3.63, 3.8) is 0 Å². The van der Waals surface area contributed by atoms with Gasteiger partial charge in [-0.05, 0) is 0 Å². The van der Waals surface area contributed by atoms with E-state index in [2.05, 4.69) is 13.3 Å².